The van der Waals surface area contributed by atoms with Crippen LogP contribution >= 0.6 is 22.7 Å². The second kappa shape index (κ2) is 10.6. The number of benzene rings is 5. The molecule has 10 aromatic rings. The van der Waals surface area contributed by atoms with E-state index in [1.165, 1.54) is 63.0 Å². The monoisotopic (exact) mass is 703 g/mol. The van der Waals surface area contributed by atoms with E-state index in [9.17, 15) is 0 Å². The van der Waals surface area contributed by atoms with E-state index in [0.29, 0.717) is 17.7 Å². The highest BCUT2D eigenvalue weighted by Gasteiger charge is 2.41. The van der Waals surface area contributed by atoms with Crippen molar-refractivity contribution in [1.29, 1.82) is 0 Å². The molecule has 7 nitrogen and oxygen atoms in total. The first-order valence-electron chi connectivity index (χ1n) is 17.2. The fraction of sp³-hybridized carbons (Fsp3) is 0.0465. The quantitative estimate of drug-likeness (QED) is 0.182. The van der Waals surface area contributed by atoms with Crippen molar-refractivity contribution in [2.24, 2.45) is 0 Å². The van der Waals surface area contributed by atoms with Gasteiger partial charge in [-0.25, -0.2) is 9.97 Å². The SMILES string of the molecule is C1=CC2c3c(ccc4c3sc3ccccc34)N(c3nc(-c4cncnc4)nc(-n4c5ccccc5c5c6sc7ccccc7c6ccc54)n3)C2C=C1. The van der Waals surface area contributed by atoms with Crippen LogP contribution in [0.4, 0.5) is 11.6 Å². The first kappa shape index (κ1) is 28.4. The summed E-state index contributed by atoms with van der Waals surface area (Å²) in [5.41, 5.74) is 5.27. The second-order valence-corrected chi connectivity index (χ2v) is 15.4. The molecule has 0 saturated heterocycles. The molecule has 1 aliphatic heterocycles. The van der Waals surface area contributed by atoms with Gasteiger partial charge in [-0.2, -0.15) is 15.0 Å². The van der Waals surface area contributed by atoms with Gasteiger partial charge < -0.3 is 4.90 Å². The Hall–Kier alpha value is -6.29. The third-order valence-electron chi connectivity index (χ3n) is 10.6. The molecule has 5 aromatic heterocycles. The van der Waals surface area contributed by atoms with Gasteiger partial charge in [-0.3, -0.25) is 4.57 Å². The summed E-state index contributed by atoms with van der Waals surface area (Å²) in [7, 11) is 0. The van der Waals surface area contributed by atoms with Crippen molar-refractivity contribution >= 4 is 96.5 Å². The highest BCUT2D eigenvalue weighted by Crippen LogP contribution is 2.53. The van der Waals surface area contributed by atoms with Gasteiger partial charge in [0.1, 0.15) is 6.33 Å². The van der Waals surface area contributed by atoms with Gasteiger partial charge in [0.15, 0.2) is 5.82 Å². The average molecular weight is 704 g/mol. The summed E-state index contributed by atoms with van der Waals surface area (Å²) >= 11 is 3.71. The van der Waals surface area contributed by atoms with Crippen LogP contribution in [0.25, 0.3) is 79.5 Å². The zero-order chi connectivity index (χ0) is 33.9. The van der Waals surface area contributed by atoms with Crippen molar-refractivity contribution < 1.29 is 0 Å². The number of allylic oxidation sites excluding steroid dienone is 2. The lowest BCUT2D eigenvalue weighted by molar-refractivity contribution is 0.727. The lowest BCUT2D eigenvalue weighted by Gasteiger charge is -2.27. The van der Waals surface area contributed by atoms with Gasteiger partial charge in [0.05, 0.1) is 22.6 Å². The Balaban J connectivity index is 1.15. The molecule has 0 saturated carbocycles. The van der Waals surface area contributed by atoms with Crippen molar-refractivity contribution in [2.45, 2.75) is 12.0 Å². The summed E-state index contributed by atoms with van der Waals surface area (Å²) in [6, 6.07) is 34.9. The van der Waals surface area contributed by atoms with Crippen LogP contribution in [0.15, 0.2) is 140 Å². The smallest absolute Gasteiger partial charge is 0.240 e. The number of hydrogen-bond acceptors (Lipinski definition) is 8. The number of aromatic nitrogens is 6. The minimum Gasteiger partial charge on any atom is -0.302 e. The van der Waals surface area contributed by atoms with Crippen LogP contribution in [-0.4, -0.2) is 35.5 Å². The topological polar surface area (TPSA) is 72.6 Å². The number of rotatable bonds is 3. The molecule has 2 aliphatic rings. The zero-order valence-electron chi connectivity index (χ0n) is 27.4. The van der Waals surface area contributed by atoms with E-state index in [-0.39, 0.29) is 12.0 Å². The van der Waals surface area contributed by atoms with Gasteiger partial charge >= 0.3 is 0 Å². The van der Waals surface area contributed by atoms with E-state index in [0.717, 1.165) is 22.3 Å². The van der Waals surface area contributed by atoms with Crippen LogP contribution in [0.5, 0.6) is 0 Å². The molecule has 6 heterocycles. The Morgan fingerprint density at radius 2 is 1.23 bits per heavy atom. The molecular weight excluding hydrogens is 679 g/mol. The van der Waals surface area contributed by atoms with Crippen LogP contribution in [0.3, 0.4) is 0 Å². The zero-order valence-corrected chi connectivity index (χ0v) is 29.0. The van der Waals surface area contributed by atoms with E-state index < -0.39 is 0 Å². The minimum absolute atomic E-state index is 0.00209. The minimum atomic E-state index is 0.00209. The predicted molar refractivity (Wildman–Crippen MR) is 214 cm³/mol. The highest BCUT2D eigenvalue weighted by atomic mass is 32.1. The van der Waals surface area contributed by atoms with Crippen LogP contribution < -0.4 is 4.90 Å². The Bertz CT molecular complexity index is 3170. The molecule has 9 heteroatoms. The number of nitrogens with zero attached hydrogens (tertiary/aromatic N) is 7. The molecule has 0 fully saturated rings. The predicted octanol–water partition coefficient (Wildman–Crippen LogP) is 10.9. The fourth-order valence-electron chi connectivity index (χ4n) is 8.40. The van der Waals surface area contributed by atoms with Crippen molar-refractivity contribution in [3.63, 3.8) is 0 Å². The summed E-state index contributed by atoms with van der Waals surface area (Å²) in [6.07, 6.45) is 14.0. The van der Waals surface area contributed by atoms with Crippen molar-refractivity contribution in [3.05, 3.63) is 146 Å². The molecule has 12 rings (SSSR count). The number of para-hydroxylation sites is 1. The molecule has 0 bridgehead atoms. The lowest BCUT2D eigenvalue weighted by atomic mass is 9.91. The van der Waals surface area contributed by atoms with E-state index >= 15 is 0 Å². The molecule has 1 aliphatic carbocycles. The Morgan fingerprint density at radius 1 is 0.558 bits per heavy atom. The maximum Gasteiger partial charge on any atom is 0.240 e. The van der Waals surface area contributed by atoms with Crippen molar-refractivity contribution in [1.82, 2.24) is 29.5 Å². The summed E-state index contributed by atoms with van der Waals surface area (Å²) in [5, 5.41) is 7.50. The number of anilines is 2. The molecule has 2 unspecified atom stereocenters. The summed E-state index contributed by atoms with van der Waals surface area (Å²) in [6.45, 7) is 0. The van der Waals surface area contributed by atoms with E-state index in [1.807, 2.05) is 22.7 Å². The van der Waals surface area contributed by atoms with Gasteiger partial charge in [0.2, 0.25) is 11.9 Å². The largest absolute Gasteiger partial charge is 0.302 e. The number of thiophene rings is 2. The van der Waals surface area contributed by atoms with Crippen molar-refractivity contribution in [3.8, 4) is 17.3 Å². The molecule has 52 heavy (non-hydrogen) atoms. The number of hydrogen-bond donors (Lipinski definition) is 0. The standard InChI is InChI=1S/C43H25N7S2/c1-5-13-31-29(11-1)37-33(19-17-27-25-9-3-7-15-35(25)51-39(27)37)49(31)42-46-41(24-21-44-23-45-22-24)47-43(48-42)50-32-14-6-2-12-30(32)38-34(50)20-18-28-26-10-4-8-16-36(26)52-40(28)38/h1-23,29,31H. The van der Waals surface area contributed by atoms with Crippen LogP contribution in [0, 0.1) is 0 Å². The molecule has 2 atom stereocenters. The van der Waals surface area contributed by atoms with Gasteiger partial charge in [-0.1, -0.05) is 91.0 Å². The van der Waals surface area contributed by atoms with Crippen LogP contribution in [0.2, 0.25) is 0 Å². The summed E-state index contributed by atoms with van der Waals surface area (Å²) in [4.78, 5) is 26.8. The molecule has 0 spiro atoms. The first-order valence-corrected chi connectivity index (χ1v) is 18.9. The lowest BCUT2D eigenvalue weighted by Crippen LogP contribution is -2.30. The Morgan fingerprint density at radius 3 is 2.06 bits per heavy atom. The van der Waals surface area contributed by atoms with Gasteiger partial charge in [0.25, 0.3) is 0 Å². The van der Waals surface area contributed by atoms with Crippen molar-refractivity contribution in [2.75, 3.05) is 4.90 Å². The molecule has 0 amide bonds. The van der Waals surface area contributed by atoms with Crippen LogP contribution in [-0.2, 0) is 0 Å². The maximum absolute atomic E-state index is 5.39. The first-order chi connectivity index (χ1) is 25.8. The second-order valence-electron chi connectivity index (χ2n) is 13.3. The Kier molecular flexibility index (Phi) is 5.80. The molecule has 244 valence electrons. The summed E-state index contributed by atoms with van der Waals surface area (Å²) < 4.78 is 7.36. The van der Waals surface area contributed by atoms with Gasteiger partial charge in [-0.05, 0) is 30.3 Å². The maximum atomic E-state index is 5.39. The Labute approximate surface area is 304 Å². The third-order valence-corrected chi connectivity index (χ3v) is 13.0. The average Bonchev–Trinajstić information content (AvgIpc) is 3.95. The third kappa shape index (κ3) is 3.86. The molecule has 5 aromatic carbocycles. The summed E-state index contributed by atoms with van der Waals surface area (Å²) in [5.74, 6) is 1.82. The molecule has 0 N–H and O–H groups in total. The highest BCUT2D eigenvalue weighted by molar-refractivity contribution is 7.27. The van der Waals surface area contributed by atoms with E-state index in [1.54, 1.807) is 12.4 Å². The molecular formula is C43H25N7S2. The van der Waals surface area contributed by atoms with Gasteiger partial charge in [0, 0.05) is 80.7 Å². The fourth-order valence-corrected chi connectivity index (χ4v) is 10.9. The van der Waals surface area contributed by atoms with Crippen LogP contribution in [0.1, 0.15) is 11.5 Å². The number of fused-ring (bicyclic) bond motifs is 14. The van der Waals surface area contributed by atoms with E-state index in [2.05, 4.69) is 141 Å². The molecule has 0 radical (unpaired) electrons. The normalized spacial score (nSPS) is 16.7. The van der Waals surface area contributed by atoms with E-state index in [4.69, 9.17) is 15.0 Å². The van der Waals surface area contributed by atoms with Gasteiger partial charge in [-0.15, -0.1) is 22.7 Å².